The van der Waals surface area contributed by atoms with Crippen LogP contribution in [-0.2, 0) is 24.2 Å². The summed E-state index contributed by atoms with van der Waals surface area (Å²) in [5.41, 5.74) is 9.22. The monoisotopic (exact) mass is 448 g/mol. The lowest BCUT2D eigenvalue weighted by Crippen LogP contribution is -2.35. The second-order valence-corrected chi connectivity index (χ2v) is 9.25. The molecular formula is C25H28N4O2S. The maximum Gasteiger partial charge on any atom is 0.251 e. The van der Waals surface area contributed by atoms with Gasteiger partial charge in [0.05, 0.1) is 23.8 Å². The number of nitrogens with one attached hydrogen (secondary N) is 1. The number of fused-ring (bicyclic) bond motifs is 1. The minimum atomic E-state index is -0.470. The van der Waals surface area contributed by atoms with Crippen LogP contribution in [0.4, 0.5) is 5.00 Å². The Bertz CT molecular complexity index is 1080. The molecule has 1 aliphatic carbocycles. The van der Waals surface area contributed by atoms with Crippen LogP contribution in [0, 0.1) is 0 Å². The average molecular weight is 449 g/mol. The standard InChI is InChI=1S/C25H28N4O2S/c1-17(20-12-7-8-14-27-20)29(15-18-9-3-2-4-10-18)16-22(30)28-25-23(24(26)31)19-11-5-6-13-21(19)32-25/h2-4,7-10,12,14,17H,5-6,11,13,15-16H2,1H3,(H2,26,31)(H,28,30)/t17-/m0/s1. The van der Waals surface area contributed by atoms with Crippen LogP contribution >= 0.6 is 11.3 Å². The molecule has 7 heteroatoms. The van der Waals surface area contributed by atoms with Crippen molar-refractivity contribution in [2.45, 2.75) is 45.2 Å². The Morgan fingerprint density at radius 1 is 1.12 bits per heavy atom. The van der Waals surface area contributed by atoms with Crippen LogP contribution in [0.5, 0.6) is 0 Å². The number of pyridine rings is 1. The highest BCUT2D eigenvalue weighted by molar-refractivity contribution is 7.17. The molecule has 0 fully saturated rings. The molecule has 3 N–H and O–H groups in total. The quantitative estimate of drug-likeness (QED) is 0.537. The van der Waals surface area contributed by atoms with Gasteiger partial charge in [0.25, 0.3) is 5.91 Å². The Hall–Kier alpha value is -3.03. The van der Waals surface area contributed by atoms with Gasteiger partial charge in [-0.25, -0.2) is 0 Å². The zero-order valence-electron chi connectivity index (χ0n) is 18.2. The van der Waals surface area contributed by atoms with Gasteiger partial charge in [-0.15, -0.1) is 11.3 Å². The van der Waals surface area contributed by atoms with Gasteiger partial charge in [0.15, 0.2) is 0 Å². The maximum absolute atomic E-state index is 13.1. The number of hydrogen-bond donors (Lipinski definition) is 2. The first-order valence-corrected chi connectivity index (χ1v) is 11.8. The van der Waals surface area contributed by atoms with Crippen molar-refractivity contribution in [1.82, 2.24) is 9.88 Å². The van der Waals surface area contributed by atoms with Gasteiger partial charge in [-0.3, -0.25) is 19.5 Å². The molecule has 1 atom stereocenters. The Morgan fingerprint density at radius 2 is 1.88 bits per heavy atom. The number of amides is 2. The Balaban J connectivity index is 1.55. The molecule has 0 aliphatic heterocycles. The largest absolute Gasteiger partial charge is 0.365 e. The highest BCUT2D eigenvalue weighted by Crippen LogP contribution is 2.38. The number of carbonyl (C=O) groups is 2. The molecule has 0 unspecified atom stereocenters. The van der Waals surface area contributed by atoms with Crippen molar-refractivity contribution in [2.75, 3.05) is 11.9 Å². The molecule has 3 aromatic rings. The Labute approximate surface area is 192 Å². The van der Waals surface area contributed by atoms with Crippen molar-refractivity contribution >= 4 is 28.2 Å². The fraction of sp³-hybridized carbons (Fsp3) is 0.320. The van der Waals surface area contributed by atoms with Crippen LogP contribution in [0.15, 0.2) is 54.7 Å². The molecule has 1 aliphatic rings. The molecule has 0 bridgehead atoms. The number of carbonyl (C=O) groups excluding carboxylic acids is 2. The van der Waals surface area contributed by atoms with Crippen molar-refractivity contribution in [1.29, 1.82) is 0 Å². The molecule has 4 rings (SSSR count). The van der Waals surface area contributed by atoms with Gasteiger partial charge in [-0.05, 0) is 55.9 Å². The second-order valence-electron chi connectivity index (χ2n) is 8.15. The van der Waals surface area contributed by atoms with E-state index in [-0.39, 0.29) is 18.5 Å². The molecule has 0 radical (unpaired) electrons. The number of aryl methyl sites for hydroxylation is 1. The third-order valence-electron chi connectivity index (χ3n) is 5.91. The molecular weight excluding hydrogens is 420 g/mol. The van der Waals surface area contributed by atoms with E-state index in [4.69, 9.17) is 5.73 Å². The van der Waals surface area contributed by atoms with Gasteiger partial charge in [0.1, 0.15) is 5.00 Å². The van der Waals surface area contributed by atoms with Gasteiger partial charge < -0.3 is 11.1 Å². The third kappa shape index (κ3) is 5.06. The van der Waals surface area contributed by atoms with Gasteiger partial charge in [-0.1, -0.05) is 36.4 Å². The number of hydrogen-bond acceptors (Lipinski definition) is 5. The summed E-state index contributed by atoms with van der Waals surface area (Å²) in [4.78, 5) is 33.0. The molecule has 0 spiro atoms. The molecule has 0 saturated heterocycles. The van der Waals surface area contributed by atoms with Gasteiger partial charge in [-0.2, -0.15) is 0 Å². The van der Waals surface area contributed by atoms with E-state index < -0.39 is 5.91 Å². The molecule has 32 heavy (non-hydrogen) atoms. The number of nitrogens with zero attached hydrogens (tertiary/aromatic N) is 2. The smallest absolute Gasteiger partial charge is 0.251 e. The van der Waals surface area contributed by atoms with Crippen LogP contribution in [-0.4, -0.2) is 28.2 Å². The number of primary amides is 1. The number of aromatic nitrogens is 1. The van der Waals surface area contributed by atoms with E-state index in [9.17, 15) is 9.59 Å². The summed E-state index contributed by atoms with van der Waals surface area (Å²) >= 11 is 1.49. The number of thiophene rings is 1. The molecule has 1 aromatic carbocycles. The molecule has 166 valence electrons. The third-order valence-corrected chi connectivity index (χ3v) is 7.12. The SMILES string of the molecule is C[C@@H](c1ccccn1)N(CC(=O)Nc1sc2c(c1C(N)=O)CCCC2)Cc1ccccc1. The Kier molecular flexibility index (Phi) is 6.97. The molecule has 6 nitrogen and oxygen atoms in total. The highest BCUT2D eigenvalue weighted by atomic mass is 32.1. The van der Waals surface area contributed by atoms with Crippen LogP contribution in [0.3, 0.4) is 0 Å². The summed E-state index contributed by atoms with van der Waals surface area (Å²) in [6, 6.07) is 15.8. The first-order valence-electron chi connectivity index (χ1n) is 11.0. The molecule has 2 amide bonds. The normalized spacial score (nSPS) is 14.1. The lowest BCUT2D eigenvalue weighted by molar-refractivity contribution is -0.118. The van der Waals surface area contributed by atoms with E-state index in [0.29, 0.717) is 17.1 Å². The number of rotatable bonds is 8. The van der Waals surface area contributed by atoms with Crippen molar-refractivity contribution in [3.63, 3.8) is 0 Å². The van der Waals surface area contributed by atoms with Crippen LogP contribution in [0.25, 0.3) is 0 Å². The first kappa shape index (κ1) is 22.2. The minimum absolute atomic E-state index is 0.0608. The number of anilines is 1. The lowest BCUT2D eigenvalue weighted by Gasteiger charge is -2.28. The topological polar surface area (TPSA) is 88.3 Å². The van der Waals surface area contributed by atoms with Crippen molar-refractivity contribution in [3.05, 3.63) is 82.0 Å². The molecule has 2 heterocycles. The zero-order valence-corrected chi connectivity index (χ0v) is 19.0. The predicted octanol–water partition coefficient (Wildman–Crippen LogP) is 4.32. The predicted molar refractivity (Wildman–Crippen MR) is 128 cm³/mol. The van der Waals surface area contributed by atoms with E-state index in [1.165, 1.54) is 16.2 Å². The van der Waals surface area contributed by atoms with Crippen LogP contribution < -0.4 is 11.1 Å². The van der Waals surface area contributed by atoms with E-state index >= 15 is 0 Å². The summed E-state index contributed by atoms with van der Waals surface area (Å²) < 4.78 is 0. The van der Waals surface area contributed by atoms with Gasteiger partial charge >= 0.3 is 0 Å². The van der Waals surface area contributed by atoms with Crippen molar-refractivity contribution < 1.29 is 9.59 Å². The fourth-order valence-electron chi connectivity index (χ4n) is 4.22. The van der Waals surface area contributed by atoms with E-state index in [1.807, 2.05) is 36.4 Å². The lowest BCUT2D eigenvalue weighted by atomic mass is 9.95. The minimum Gasteiger partial charge on any atom is -0.365 e. The highest BCUT2D eigenvalue weighted by Gasteiger charge is 2.26. The summed E-state index contributed by atoms with van der Waals surface area (Å²) in [5.74, 6) is -0.632. The van der Waals surface area contributed by atoms with E-state index in [2.05, 4.69) is 34.3 Å². The maximum atomic E-state index is 13.1. The Morgan fingerprint density at radius 3 is 2.59 bits per heavy atom. The van der Waals surface area contributed by atoms with E-state index in [1.54, 1.807) is 6.20 Å². The molecule has 2 aromatic heterocycles. The van der Waals surface area contributed by atoms with E-state index in [0.717, 1.165) is 42.5 Å². The van der Waals surface area contributed by atoms with Crippen LogP contribution in [0.2, 0.25) is 0 Å². The summed E-state index contributed by atoms with van der Waals surface area (Å²) in [5, 5.41) is 3.57. The van der Waals surface area contributed by atoms with Crippen LogP contribution in [0.1, 0.15) is 57.9 Å². The summed E-state index contributed by atoms with van der Waals surface area (Å²) in [7, 11) is 0. The summed E-state index contributed by atoms with van der Waals surface area (Å²) in [6.07, 6.45) is 5.70. The zero-order chi connectivity index (χ0) is 22.5. The fourth-order valence-corrected chi connectivity index (χ4v) is 5.53. The summed E-state index contributed by atoms with van der Waals surface area (Å²) in [6.45, 7) is 2.83. The second kappa shape index (κ2) is 10.1. The van der Waals surface area contributed by atoms with Crippen molar-refractivity contribution in [2.24, 2.45) is 5.73 Å². The first-order chi connectivity index (χ1) is 15.5. The number of nitrogens with two attached hydrogens (primary N) is 1. The molecule has 0 saturated carbocycles. The van der Waals surface area contributed by atoms with Gasteiger partial charge in [0.2, 0.25) is 5.91 Å². The average Bonchev–Trinajstić information content (AvgIpc) is 3.17. The number of benzene rings is 1. The van der Waals surface area contributed by atoms with Crippen molar-refractivity contribution in [3.8, 4) is 0 Å². The van der Waals surface area contributed by atoms with Gasteiger partial charge in [0, 0.05) is 17.6 Å².